The number of carbonyl (C=O) groups excluding carboxylic acids is 1. The number of rotatable bonds is 6. The van der Waals surface area contributed by atoms with Gasteiger partial charge in [-0.25, -0.2) is 4.68 Å². The fourth-order valence-electron chi connectivity index (χ4n) is 3.21. The Bertz CT molecular complexity index is 694. The van der Waals surface area contributed by atoms with E-state index in [4.69, 9.17) is 4.74 Å². The Morgan fingerprint density at radius 2 is 2.21 bits per heavy atom. The highest BCUT2D eigenvalue weighted by Crippen LogP contribution is 2.22. The van der Waals surface area contributed by atoms with Crippen LogP contribution in [0.3, 0.4) is 0 Å². The van der Waals surface area contributed by atoms with Crippen LogP contribution in [-0.2, 0) is 11.2 Å². The van der Waals surface area contributed by atoms with Gasteiger partial charge in [-0.1, -0.05) is 25.0 Å². The lowest BCUT2D eigenvalue weighted by molar-refractivity contribution is -0.125. The van der Waals surface area contributed by atoms with Gasteiger partial charge in [0.2, 0.25) is 5.91 Å². The summed E-state index contributed by atoms with van der Waals surface area (Å²) >= 11 is 0. The van der Waals surface area contributed by atoms with Crippen LogP contribution in [0.2, 0.25) is 0 Å². The molecule has 0 bridgehead atoms. The summed E-state index contributed by atoms with van der Waals surface area (Å²) in [6.07, 6.45) is 4.96. The molecular formula is C17H23N5O2. The molecule has 1 aliphatic rings. The molecule has 1 amide bonds. The first-order valence-electron chi connectivity index (χ1n) is 8.35. The molecule has 1 aromatic heterocycles. The molecule has 0 radical (unpaired) electrons. The lowest BCUT2D eigenvalue weighted by Crippen LogP contribution is -2.40. The normalized spacial score (nSPS) is 16.1. The van der Waals surface area contributed by atoms with Crippen molar-refractivity contribution < 1.29 is 9.53 Å². The van der Waals surface area contributed by atoms with Crippen molar-refractivity contribution in [1.82, 2.24) is 25.5 Å². The summed E-state index contributed by atoms with van der Waals surface area (Å²) in [7, 11) is 1.63. The van der Waals surface area contributed by atoms with E-state index in [0.717, 1.165) is 24.2 Å². The van der Waals surface area contributed by atoms with Crippen molar-refractivity contribution >= 4 is 5.91 Å². The minimum Gasteiger partial charge on any atom is -0.497 e. The molecule has 1 saturated carbocycles. The molecule has 128 valence electrons. The molecule has 7 heteroatoms. The Labute approximate surface area is 141 Å². The molecule has 1 aliphatic carbocycles. The molecular weight excluding hydrogens is 306 g/mol. The van der Waals surface area contributed by atoms with Gasteiger partial charge in [0.25, 0.3) is 0 Å². The Hall–Kier alpha value is -2.44. The summed E-state index contributed by atoms with van der Waals surface area (Å²) < 4.78 is 6.87. The van der Waals surface area contributed by atoms with Gasteiger partial charge in [-0.05, 0) is 47.9 Å². The third-order valence-electron chi connectivity index (χ3n) is 4.52. The fraction of sp³-hybridized carbons (Fsp3) is 0.529. The van der Waals surface area contributed by atoms with Crippen LogP contribution in [0, 0.1) is 6.92 Å². The molecule has 2 aromatic rings. The lowest BCUT2D eigenvalue weighted by atomic mass is 10.0. The van der Waals surface area contributed by atoms with Crippen LogP contribution in [0.1, 0.15) is 43.1 Å². The van der Waals surface area contributed by atoms with Crippen LogP contribution in [0.15, 0.2) is 24.3 Å². The largest absolute Gasteiger partial charge is 0.497 e. The zero-order valence-electron chi connectivity index (χ0n) is 14.1. The number of benzene rings is 1. The molecule has 0 spiro atoms. The molecule has 3 rings (SSSR count). The number of amides is 1. The number of methoxy groups -OCH3 is 1. The van der Waals surface area contributed by atoms with E-state index in [1.165, 1.54) is 12.8 Å². The summed E-state index contributed by atoms with van der Waals surface area (Å²) in [5, 5.41) is 14.8. The standard InChI is InChI=1S/C17H23N5O2/c1-12-19-20-21-22(12)16(17(23)18-14-7-3-4-8-14)11-13-6-5-9-15(10-13)24-2/h5-6,9-10,14,16H,3-4,7-8,11H2,1-2H3,(H,18,23). The second kappa shape index (κ2) is 7.42. The van der Waals surface area contributed by atoms with Crippen LogP contribution >= 0.6 is 0 Å². The van der Waals surface area contributed by atoms with E-state index in [1.807, 2.05) is 24.3 Å². The van der Waals surface area contributed by atoms with Crippen molar-refractivity contribution in [1.29, 1.82) is 0 Å². The smallest absolute Gasteiger partial charge is 0.245 e. The topological polar surface area (TPSA) is 81.9 Å². The molecule has 1 fully saturated rings. The number of carbonyl (C=O) groups is 1. The maximum atomic E-state index is 12.8. The maximum absolute atomic E-state index is 12.8. The molecule has 1 unspecified atom stereocenters. The van der Waals surface area contributed by atoms with Crippen LogP contribution in [0.4, 0.5) is 0 Å². The van der Waals surface area contributed by atoms with Crippen LogP contribution in [-0.4, -0.2) is 39.3 Å². The summed E-state index contributed by atoms with van der Waals surface area (Å²) in [5.41, 5.74) is 1.01. The minimum atomic E-state index is -0.465. The van der Waals surface area contributed by atoms with Gasteiger partial charge in [-0.3, -0.25) is 4.79 Å². The van der Waals surface area contributed by atoms with Gasteiger partial charge in [-0.15, -0.1) is 5.10 Å². The van der Waals surface area contributed by atoms with Gasteiger partial charge in [0.15, 0.2) is 0 Å². The number of hydrogen-bond acceptors (Lipinski definition) is 5. The Morgan fingerprint density at radius 3 is 2.88 bits per heavy atom. The third kappa shape index (κ3) is 3.72. The first kappa shape index (κ1) is 16.4. The van der Waals surface area contributed by atoms with Crippen LogP contribution in [0.25, 0.3) is 0 Å². The molecule has 0 aliphatic heterocycles. The summed E-state index contributed by atoms with van der Waals surface area (Å²) in [5.74, 6) is 1.38. The predicted octanol–water partition coefficient (Wildman–Crippen LogP) is 1.83. The summed E-state index contributed by atoms with van der Waals surface area (Å²) in [6, 6.07) is 7.54. The Balaban J connectivity index is 1.81. The summed E-state index contributed by atoms with van der Waals surface area (Å²) in [4.78, 5) is 12.8. The van der Waals surface area contributed by atoms with Gasteiger partial charge in [0.1, 0.15) is 17.6 Å². The van der Waals surface area contributed by atoms with Gasteiger partial charge >= 0.3 is 0 Å². The predicted molar refractivity (Wildman–Crippen MR) is 88.7 cm³/mol. The second-order valence-electron chi connectivity index (χ2n) is 6.23. The monoisotopic (exact) mass is 329 g/mol. The maximum Gasteiger partial charge on any atom is 0.245 e. The van der Waals surface area contributed by atoms with E-state index >= 15 is 0 Å². The zero-order valence-corrected chi connectivity index (χ0v) is 14.1. The number of nitrogens with zero attached hydrogens (tertiary/aromatic N) is 4. The third-order valence-corrected chi connectivity index (χ3v) is 4.52. The second-order valence-corrected chi connectivity index (χ2v) is 6.23. The van der Waals surface area contributed by atoms with Gasteiger partial charge in [0, 0.05) is 12.5 Å². The number of tetrazole rings is 1. The average molecular weight is 329 g/mol. The van der Waals surface area contributed by atoms with Gasteiger partial charge in [-0.2, -0.15) is 0 Å². The van der Waals surface area contributed by atoms with Gasteiger partial charge < -0.3 is 10.1 Å². The van der Waals surface area contributed by atoms with E-state index in [-0.39, 0.29) is 11.9 Å². The first-order chi connectivity index (χ1) is 11.7. The van der Waals surface area contributed by atoms with Crippen LogP contribution in [0.5, 0.6) is 5.75 Å². The molecule has 1 N–H and O–H groups in total. The summed E-state index contributed by atoms with van der Waals surface area (Å²) in [6.45, 7) is 1.81. The van der Waals surface area contributed by atoms with E-state index < -0.39 is 6.04 Å². The zero-order chi connectivity index (χ0) is 16.9. The van der Waals surface area contributed by atoms with E-state index in [0.29, 0.717) is 12.2 Å². The Kier molecular flexibility index (Phi) is 5.08. The van der Waals surface area contributed by atoms with Crippen molar-refractivity contribution in [2.75, 3.05) is 7.11 Å². The minimum absolute atomic E-state index is 0.0277. The molecule has 7 nitrogen and oxygen atoms in total. The van der Waals surface area contributed by atoms with Crippen molar-refractivity contribution in [3.63, 3.8) is 0 Å². The highest BCUT2D eigenvalue weighted by atomic mass is 16.5. The van der Waals surface area contributed by atoms with E-state index in [2.05, 4.69) is 20.8 Å². The molecule has 1 atom stereocenters. The molecule has 1 heterocycles. The van der Waals surface area contributed by atoms with Gasteiger partial charge in [0.05, 0.1) is 7.11 Å². The average Bonchev–Trinajstić information content (AvgIpc) is 3.24. The van der Waals surface area contributed by atoms with Crippen molar-refractivity contribution in [2.45, 2.75) is 51.1 Å². The quantitative estimate of drug-likeness (QED) is 0.874. The lowest BCUT2D eigenvalue weighted by Gasteiger charge is -2.20. The number of aryl methyl sites for hydroxylation is 1. The van der Waals surface area contributed by atoms with Crippen molar-refractivity contribution in [3.8, 4) is 5.75 Å². The van der Waals surface area contributed by atoms with Crippen molar-refractivity contribution in [2.24, 2.45) is 0 Å². The number of ether oxygens (including phenoxy) is 1. The number of hydrogen-bond donors (Lipinski definition) is 1. The van der Waals surface area contributed by atoms with Crippen molar-refractivity contribution in [3.05, 3.63) is 35.7 Å². The van der Waals surface area contributed by atoms with E-state index in [9.17, 15) is 4.79 Å². The number of nitrogens with one attached hydrogen (secondary N) is 1. The molecule has 24 heavy (non-hydrogen) atoms. The van der Waals surface area contributed by atoms with Crippen LogP contribution < -0.4 is 10.1 Å². The fourth-order valence-corrected chi connectivity index (χ4v) is 3.21. The highest BCUT2D eigenvalue weighted by Gasteiger charge is 2.27. The SMILES string of the molecule is COc1cccc(CC(C(=O)NC2CCCC2)n2nnnc2C)c1. The highest BCUT2D eigenvalue weighted by molar-refractivity contribution is 5.81. The molecule has 1 aromatic carbocycles. The first-order valence-corrected chi connectivity index (χ1v) is 8.35. The molecule has 0 saturated heterocycles. The van der Waals surface area contributed by atoms with E-state index in [1.54, 1.807) is 18.7 Å². The number of aromatic nitrogens is 4. The Morgan fingerprint density at radius 1 is 1.42 bits per heavy atom.